The van der Waals surface area contributed by atoms with E-state index < -0.39 is 35.2 Å². The van der Waals surface area contributed by atoms with Crippen molar-refractivity contribution in [2.24, 2.45) is 5.41 Å². The van der Waals surface area contributed by atoms with Crippen LogP contribution < -0.4 is 15.0 Å². The molecule has 3 aliphatic heterocycles. The van der Waals surface area contributed by atoms with Gasteiger partial charge in [-0.05, 0) is 65.4 Å². The summed E-state index contributed by atoms with van der Waals surface area (Å²) in [5, 5.41) is 12.9. The number of carboxylic acids is 1. The van der Waals surface area contributed by atoms with Crippen molar-refractivity contribution in [3.8, 4) is 5.75 Å². The fourth-order valence-corrected chi connectivity index (χ4v) is 7.53. The Balaban J connectivity index is 1.59. The van der Waals surface area contributed by atoms with Crippen molar-refractivity contribution in [2.45, 2.75) is 50.6 Å². The molecule has 3 aliphatic rings. The molecule has 3 aromatic carbocycles. The van der Waals surface area contributed by atoms with Gasteiger partial charge in [-0.3, -0.25) is 19.4 Å². The Kier molecular flexibility index (Phi) is 6.99. The lowest BCUT2D eigenvalue weighted by atomic mass is 9.62. The number of carboxylic acid groups (broad SMARTS) is 1. The van der Waals surface area contributed by atoms with Gasteiger partial charge in [-0.1, -0.05) is 56.1 Å². The molecule has 2 N–H and O–H groups in total. The summed E-state index contributed by atoms with van der Waals surface area (Å²) in [5.74, 6) is -2.80. The van der Waals surface area contributed by atoms with Crippen LogP contribution in [0.25, 0.3) is 0 Å². The zero-order valence-electron chi connectivity index (χ0n) is 24.0. The van der Waals surface area contributed by atoms with Crippen molar-refractivity contribution in [1.82, 2.24) is 4.90 Å². The predicted molar refractivity (Wildman–Crippen MR) is 162 cm³/mol. The van der Waals surface area contributed by atoms with Gasteiger partial charge in [0.15, 0.2) is 0 Å². The van der Waals surface area contributed by atoms with E-state index in [9.17, 15) is 23.9 Å². The molecule has 224 valence electrons. The molecule has 1 spiro atoms. The van der Waals surface area contributed by atoms with Crippen LogP contribution in [-0.4, -0.2) is 53.7 Å². The van der Waals surface area contributed by atoms with Crippen molar-refractivity contribution in [3.63, 3.8) is 0 Å². The van der Waals surface area contributed by atoms with Crippen LogP contribution >= 0.6 is 23.2 Å². The summed E-state index contributed by atoms with van der Waals surface area (Å²) in [6, 6.07) is 12.7. The molecule has 2 amide bonds. The van der Waals surface area contributed by atoms with Crippen molar-refractivity contribution in [2.75, 3.05) is 24.0 Å². The Hall–Kier alpha value is -3.66. The molecule has 3 aromatic rings. The Bertz CT molecular complexity index is 1690. The molecule has 2 saturated heterocycles. The fraction of sp³-hybridized carbons (Fsp3) is 0.344. The van der Waals surface area contributed by atoms with Crippen molar-refractivity contribution >= 4 is 52.4 Å². The largest absolute Gasteiger partial charge is 0.495 e. The zero-order valence-corrected chi connectivity index (χ0v) is 25.5. The average molecular weight is 627 g/mol. The number of benzene rings is 3. The van der Waals surface area contributed by atoms with E-state index in [1.165, 1.54) is 31.4 Å². The van der Waals surface area contributed by atoms with Crippen molar-refractivity contribution < 1.29 is 28.6 Å². The molecule has 6 rings (SSSR count). The lowest BCUT2D eigenvalue weighted by Crippen LogP contribution is -2.52. The number of hydrogen-bond donors (Lipinski definition) is 2. The third kappa shape index (κ3) is 4.48. The number of methoxy groups -OCH3 is 1. The standard InChI is InChI=1S/C32H30Cl2FN3O5/c1-31(2,3)14-25-32(19-8-7-18(33)13-22(19)36-30(32)42)26(16-5-9-21(35)20(34)11-16)27-28(39)37(15-38(25)27)23-10-6-17(29(40)41)12-24(23)43-4/h5-13,25-27H,14-15H2,1-4H3,(H,36,42)(H,40,41)/t25-,26+,27+,32+/m0/s1. The molecule has 0 bridgehead atoms. The number of fused-ring (bicyclic) bond motifs is 3. The fourth-order valence-electron chi connectivity index (χ4n) is 7.17. The third-order valence-corrected chi connectivity index (χ3v) is 9.32. The zero-order chi connectivity index (χ0) is 31.0. The highest BCUT2D eigenvalue weighted by molar-refractivity contribution is 6.31. The summed E-state index contributed by atoms with van der Waals surface area (Å²) in [6.45, 7) is 6.36. The highest BCUT2D eigenvalue weighted by Gasteiger charge is 2.71. The molecule has 0 unspecified atom stereocenters. The smallest absolute Gasteiger partial charge is 0.335 e. The quantitative estimate of drug-likeness (QED) is 0.345. The molecule has 0 aromatic heterocycles. The average Bonchev–Trinajstić information content (AvgIpc) is 3.52. The lowest BCUT2D eigenvalue weighted by Gasteiger charge is -2.40. The summed E-state index contributed by atoms with van der Waals surface area (Å²) in [5.41, 5.74) is 0.801. The number of anilines is 2. The maximum absolute atomic E-state index is 14.6. The van der Waals surface area contributed by atoms with Crippen LogP contribution in [0.15, 0.2) is 54.6 Å². The van der Waals surface area contributed by atoms with E-state index in [0.29, 0.717) is 28.4 Å². The van der Waals surface area contributed by atoms with E-state index in [-0.39, 0.29) is 40.2 Å². The van der Waals surface area contributed by atoms with Crippen molar-refractivity contribution in [1.29, 1.82) is 0 Å². The minimum absolute atomic E-state index is 0.0223. The number of carbonyl (C=O) groups excluding carboxylic acids is 2. The normalized spacial score (nSPS) is 24.8. The first kappa shape index (κ1) is 29.4. The summed E-state index contributed by atoms with van der Waals surface area (Å²) in [4.78, 5) is 44.2. The number of ether oxygens (including phenoxy) is 1. The van der Waals surface area contributed by atoms with Crippen LogP contribution in [0.4, 0.5) is 15.8 Å². The monoisotopic (exact) mass is 625 g/mol. The maximum atomic E-state index is 14.6. The van der Waals surface area contributed by atoms with Crippen LogP contribution in [0.1, 0.15) is 54.6 Å². The van der Waals surface area contributed by atoms with Gasteiger partial charge >= 0.3 is 5.97 Å². The third-order valence-electron chi connectivity index (χ3n) is 8.79. The predicted octanol–water partition coefficient (Wildman–Crippen LogP) is 6.31. The minimum Gasteiger partial charge on any atom is -0.495 e. The molecular weight excluding hydrogens is 596 g/mol. The highest BCUT2D eigenvalue weighted by Crippen LogP contribution is 2.61. The summed E-state index contributed by atoms with van der Waals surface area (Å²) >= 11 is 12.6. The number of aromatic carboxylic acids is 1. The molecule has 0 radical (unpaired) electrons. The minimum atomic E-state index is -1.22. The second-order valence-corrected chi connectivity index (χ2v) is 13.3. The molecule has 0 saturated carbocycles. The Morgan fingerprint density at radius 3 is 2.51 bits per heavy atom. The molecule has 8 nitrogen and oxygen atoms in total. The van der Waals surface area contributed by atoms with Crippen molar-refractivity contribution in [3.05, 3.63) is 87.2 Å². The second kappa shape index (κ2) is 10.2. The molecule has 4 atom stereocenters. The molecule has 3 heterocycles. The number of carbonyl (C=O) groups is 3. The summed E-state index contributed by atoms with van der Waals surface area (Å²) in [7, 11) is 1.41. The molecule has 11 heteroatoms. The van der Waals surface area contributed by atoms with E-state index in [4.69, 9.17) is 27.9 Å². The Labute approximate surface area is 258 Å². The molecule has 2 fully saturated rings. The van der Waals surface area contributed by atoms with Gasteiger partial charge in [-0.2, -0.15) is 0 Å². The first-order chi connectivity index (χ1) is 20.3. The van der Waals surface area contributed by atoms with Gasteiger partial charge in [0.25, 0.3) is 0 Å². The van der Waals surface area contributed by atoms with Gasteiger partial charge in [-0.25, -0.2) is 9.18 Å². The lowest BCUT2D eigenvalue weighted by molar-refractivity contribution is -0.122. The van der Waals surface area contributed by atoms with Gasteiger partial charge in [0.05, 0.1) is 36.1 Å². The van der Waals surface area contributed by atoms with Gasteiger partial charge in [0, 0.05) is 22.7 Å². The molecule has 0 aliphatic carbocycles. The topological polar surface area (TPSA) is 99.2 Å². The van der Waals surface area contributed by atoms with E-state index in [1.807, 2.05) is 11.0 Å². The Morgan fingerprint density at radius 1 is 1.12 bits per heavy atom. The number of nitrogens with zero attached hydrogens (tertiary/aromatic N) is 2. The first-order valence-electron chi connectivity index (χ1n) is 13.8. The SMILES string of the molecule is COc1cc(C(=O)O)ccc1N1CN2[C@@H](CC(C)(C)C)[C@@]3(C(=O)Nc4cc(Cl)ccc43)[C@H](c3ccc(F)c(Cl)c3)[C@@H]2C1=O. The molecular formula is C32H30Cl2FN3O5. The van der Waals surface area contributed by atoms with Crippen LogP contribution in [0.3, 0.4) is 0 Å². The van der Waals surface area contributed by atoms with Gasteiger partial charge < -0.3 is 15.2 Å². The van der Waals surface area contributed by atoms with Crippen LogP contribution in [0.2, 0.25) is 10.0 Å². The number of hydrogen-bond acceptors (Lipinski definition) is 5. The highest BCUT2D eigenvalue weighted by atomic mass is 35.5. The summed E-state index contributed by atoms with van der Waals surface area (Å²) < 4.78 is 20.0. The van der Waals surface area contributed by atoms with Crippen LogP contribution in [-0.2, 0) is 15.0 Å². The van der Waals surface area contributed by atoms with E-state index in [1.54, 1.807) is 29.2 Å². The van der Waals surface area contributed by atoms with E-state index in [0.717, 1.165) is 5.56 Å². The number of amides is 2. The van der Waals surface area contributed by atoms with Gasteiger partial charge in [-0.15, -0.1) is 0 Å². The first-order valence-corrected chi connectivity index (χ1v) is 14.6. The number of nitrogens with one attached hydrogen (secondary N) is 1. The van der Waals surface area contributed by atoms with E-state index in [2.05, 4.69) is 26.1 Å². The van der Waals surface area contributed by atoms with Crippen LogP contribution in [0, 0.1) is 11.2 Å². The Morgan fingerprint density at radius 2 is 1.86 bits per heavy atom. The van der Waals surface area contributed by atoms with Gasteiger partial charge in [0.1, 0.15) is 17.0 Å². The van der Waals surface area contributed by atoms with Crippen LogP contribution in [0.5, 0.6) is 5.75 Å². The number of rotatable bonds is 5. The number of halogens is 3. The molecule has 43 heavy (non-hydrogen) atoms. The van der Waals surface area contributed by atoms with Gasteiger partial charge in [0.2, 0.25) is 11.8 Å². The second-order valence-electron chi connectivity index (χ2n) is 12.5. The summed E-state index contributed by atoms with van der Waals surface area (Å²) in [6.07, 6.45) is 0.542. The van der Waals surface area contributed by atoms with E-state index >= 15 is 0 Å². The maximum Gasteiger partial charge on any atom is 0.335 e.